The third-order valence-corrected chi connectivity index (χ3v) is 4.00. The van der Waals surface area contributed by atoms with Gasteiger partial charge < -0.3 is 10.0 Å². The van der Waals surface area contributed by atoms with Crippen LogP contribution in [0.2, 0.25) is 0 Å². The van der Waals surface area contributed by atoms with Crippen molar-refractivity contribution in [3.05, 3.63) is 38.3 Å². The molecule has 0 unspecified atom stereocenters. The molecule has 114 valence electrons. The van der Waals surface area contributed by atoms with Crippen LogP contribution in [-0.4, -0.2) is 38.9 Å². The van der Waals surface area contributed by atoms with Crippen molar-refractivity contribution in [1.82, 2.24) is 4.90 Å². The van der Waals surface area contributed by atoms with Crippen LogP contribution in [0.5, 0.6) is 0 Å². The zero-order chi connectivity index (χ0) is 16.4. The Bertz CT molecular complexity index is 600. The van der Waals surface area contributed by atoms with E-state index in [0.717, 1.165) is 4.90 Å². The predicted octanol–water partition coefficient (Wildman–Crippen LogP) is 2.68. The Balaban J connectivity index is 3.34. The second-order valence-corrected chi connectivity index (χ2v) is 5.60. The zero-order valence-electron chi connectivity index (χ0n) is 11.8. The fourth-order valence-corrected chi connectivity index (χ4v) is 2.46. The molecule has 0 radical (unpaired) electrons. The molecular formula is C13H15BrN2O5. The Hall–Kier alpha value is -1.96. The highest BCUT2D eigenvalue weighted by Gasteiger charge is 2.38. The van der Waals surface area contributed by atoms with E-state index >= 15 is 0 Å². The van der Waals surface area contributed by atoms with E-state index in [9.17, 15) is 24.8 Å². The van der Waals surface area contributed by atoms with E-state index in [-0.39, 0.29) is 22.3 Å². The molecule has 0 saturated carbocycles. The molecule has 1 aromatic carbocycles. The number of hydrogen-bond acceptors (Lipinski definition) is 4. The van der Waals surface area contributed by atoms with E-state index < -0.39 is 22.3 Å². The SMILES string of the molecule is CCN(C(=O)c1cccc([N+](=O)[O-])c1Br)C(C)(C)C(=O)O. The van der Waals surface area contributed by atoms with E-state index in [4.69, 9.17) is 0 Å². The average molecular weight is 359 g/mol. The van der Waals surface area contributed by atoms with Crippen LogP contribution in [0.25, 0.3) is 0 Å². The van der Waals surface area contributed by atoms with Gasteiger partial charge in [0, 0.05) is 12.6 Å². The number of halogens is 1. The second kappa shape index (κ2) is 6.21. The molecule has 21 heavy (non-hydrogen) atoms. The molecule has 0 aliphatic heterocycles. The van der Waals surface area contributed by atoms with Crippen molar-refractivity contribution in [3.8, 4) is 0 Å². The van der Waals surface area contributed by atoms with Crippen molar-refractivity contribution in [3.63, 3.8) is 0 Å². The van der Waals surface area contributed by atoms with Crippen molar-refractivity contribution in [2.45, 2.75) is 26.3 Å². The van der Waals surface area contributed by atoms with Gasteiger partial charge in [0.15, 0.2) is 0 Å². The molecule has 0 aliphatic carbocycles. The largest absolute Gasteiger partial charge is 0.480 e. The van der Waals surface area contributed by atoms with Crippen LogP contribution in [-0.2, 0) is 4.79 Å². The predicted molar refractivity (Wildman–Crippen MR) is 79.2 cm³/mol. The molecule has 0 bridgehead atoms. The van der Waals surface area contributed by atoms with Crippen LogP contribution in [0.3, 0.4) is 0 Å². The van der Waals surface area contributed by atoms with Gasteiger partial charge >= 0.3 is 5.97 Å². The monoisotopic (exact) mass is 358 g/mol. The maximum atomic E-state index is 12.5. The number of carbonyl (C=O) groups is 2. The third kappa shape index (κ3) is 3.21. The first kappa shape index (κ1) is 17.1. The summed E-state index contributed by atoms with van der Waals surface area (Å²) in [4.78, 5) is 35.3. The summed E-state index contributed by atoms with van der Waals surface area (Å²) in [7, 11) is 0. The standard InChI is InChI=1S/C13H15BrN2O5/c1-4-15(13(2,3)12(18)19)11(17)8-6-5-7-9(10(8)14)16(20)21/h5-7H,4H2,1-3H3,(H,18,19). The molecule has 0 aliphatic rings. The number of nitrogens with zero attached hydrogens (tertiary/aromatic N) is 2. The molecule has 1 amide bonds. The van der Waals surface area contributed by atoms with Gasteiger partial charge in [0.25, 0.3) is 11.6 Å². The number of hydrogen-bond donors (Lipinski definition) is 1. The summed E-state index contributed by atoms with van der Waals surface area (Å²) >= 11 is 3.05. The number of amides is 1. The van der Waals surface area contributed by atoms with Crippen LogP contribution < -0.4 is 0 Å². The van der Waals surface area contributed by atoms with E-state index in [1.165, 1.54) is 32.0 Å². The molecular weight excluding hydrogens is 344 g/mol. The van der Waals surface area contributed by atoms with Crippen molar-refractivity contribution < 1.29 is 19.6 Å². The van der Waals surface area contributed by atoms with E-state index in [1.807, 2.05) is 0 Å². The van der Waals surface area contributed by atoms with Gasteiger partial charge in [-0.15, -0.1) is 0 Å². The highest BCUT2D eigenvalue weighted by Crippen LogP contribution is 2.30. The van der Waals surface area contributed by atoms with Gasteiger partial charge in [0.05, 0.1) is 10.5 Å². The number of carboxylic acids is 1. The Morgan fingerprint density at radius 3 is 2.43 bits per heavy atom. The average Bonchev–Trinajstić information content (AvgIpc) is 2.38. The summed E-state index contributed by atoms with van der Waals surface area (Å²) in [6.07, 6.45) is 0. The molecule has 0 spiro atoms. The van der Waals surface area contributed by atoms with Crippen molar-refractivity contribution in [1.29, 1.82) is 0 Å². The van der Waals surface area contributed by atoms with Crippen LogP contribution in [0.1, 0.15) is 31.1 Å². The van der Waals surface area contributed by atoms with E-state index in [2.05, 4.69) is 15.9 Å². The molecule has 0 saturated heterocycles. The number of likely N-dealkylation sites (N-methyl/N-ethyl adjacent to an activating group) is 1. The molecule has 0 atom stereocenters. The Morgan fingerprint density at radius 1 is 1.43 bits per heavy atom. The first-order valence-corrected chi connectivity index (χ1v) is 6.92. The Kier molecular flexibility index (Phi) is 5.06. The van der Waals surface area contributed by atoms with Crippen LogP contribution in [0.4, 0.5) is 5.69 Å². The van der Waals surface area contributed by atoms with Gasteiger partial charge in [-0.3, -0.25) is 14.9 Å². The van der Waals surface area contributed by atoms with Gasteiger partial charge in [-0.2, -0.15) is 0 Å². The fraction of sp³-hybridized carbons (Fsp3) is 0.385. The number of nitro benzene ring substituents is 1. The van der Waals surface area contributed by atoms with Crippen LogP contribution >= 0.6 is 15.9 Å². The van der Waals surface area contributed by atoms with Gasteiger partial charge in [-0.25, -0.2) is 4.79 Å². The summed E-state index contributed by atoms with van der Waals surface area (Å²) in [5.41, 5.74) is -1.61. The lowest BCUT2D eigenvalue weighted by Crippen LogP contribution is -2.53. The molecule has 1 N–H and O–H groups in total. The highest BCUT2D eigenvalue weighted by atomic mass is 79.9. The van der Waals surface area contributed by atoms with E-state index in [1.54, 1.807) is 6.92 Å². The lowest BCUT2D eigenvalue weighted by atomic mass is 10.0. The number of rotatable bonds is 5. The minimum Gasteiger partial charge on any atom is -0.480 e. The molecule has 8 heteroatoms. The lowest BCUT2D eigenvalue weighted by Gasteiger charge is -2.34. The minimum absolute atomic E-state index is 0.0413. The minimum atomic E-state index is -1.42. The molecule has 1 rings (SSSR count). The van der Waals surface area contributed by atoms with Gasteiger partial charge in [0.1, 0.15) is 10.0 Å². The van der Waals surface area contributed by atoms with Crippen molar-refractivity contribution in [2.75, 3.05) is 6.54 Å². The first-order chi connectivity index (χ1) is 9.64. The van der Waals surface area contributed by atoms with Crippen molar-refractivity contribution >= 4 is 33.5 Å². The Morgan fingerprint density at radius 2 is 2.00 bits per heavy atom. The first-order valence-electron chi connectivity index (χ1n) is 6.12. The quantitative estimate of drug-likeness (QED) is 0.643. The number of aliphatic carboxylic acids is 1. The summed E-state index contributed by atoms with van der Waals surface area (Å²) in [6, 6.07) is 4.07. The summed E-state index contributed by atoms with van der Waals surface area (Å²) < 4.78 is 0.0413. The van der Waals surface area contributed by atoms with Gasteiger partial charge in [0.2, 0.25) is 0 Å². The van der Waals surface area contributed by atoms with Crippen LogP contribution in [0, 0.1) is 10.1 Å². The molecule has 0 aromatic heterocycles. The normalized spacial score (nSPS) is 11.0. The molecule has 0 heterocycles. The highest BCUT2D eigenvalue weighted by molar-refractivity contribution is 9.10. The second-order valence-electron chi connectivity index (χ2n) is 4.81. The summed E-state index contributed by atoms with van der Waals surface area (Å²) in [5, 5.41) is 20.1. The summed E-state index contributed by atoms with van der Waals surface area (Å²) in [5.74, 6) is -1.74. The Labute approximate surface area is 129 Å². The topological polar surface area (TPSA) is 101 Å². The smallest absolute Gasteiger partial charge is 0.329 e. The number of carbonyl (C=O) groups excluding carboxylic acids is 1. The molecule has 1 aromatic rings. The third-order valence-electron chi connectivity index (χ3n) is 3.16. The lowest BCUT2D eigenvalue weighted by molar-refractivity contribution is -0.385. The molecule has 0 fully saturated rings. The number of benzene rings is 1. The van der Waals surface area contributed by atoms with Gasteiger partial charge in [-0.1, -0.05) is 6.07 Å². The number of carboxylic acid groups (broad SMARTS) is 1. The van der Waals surface area contributed by atoms with E-state index in [0.29, 0.717) is 0 Å². The summed E-state index contributed by atoms with van der Waals surface area (Å²) in [6.45, 7) is 4.62. The van der Waals surface area contributed by atoms with Crippen LogP contribution in [0.15, 0.2) is 22.7 Å². The van der Waals surface area contributed by atoms with Gasteiger partial charge in [-0.05, 0) is 42.8 Å². The maximum absolute atomic E-state index is 12.5. The molecule has 7 nitrogen and oxygen atoms in total. The fourth-order valence-electron chi connectivity index (χ4n) is 1.88. The van der Waals surface area contributed by atoms with Crippen molar-refractivity contribution in [2.24, 2.45) is 0 Å². The maximum Gasteiger partial charge on any atom is 0.329 e. The zero-order valence-corrected chi connectivity index (χ0v) is 13.4. The number of nitro groups is 1.